The summed E-state index contributed by atoms with van der Waals surface area (Å²) < 4.78 is 11.1. The molecule has 130 valence electrons. The number of piperidine rings is 1. The van der Waals surface area contributed by atoms with Crippen LogP contribution in [0.5, 0.6) is 11.5 Å². The molecule has 2 aliphatic heterocycles. The molecule has 2 heterocycles. The zero-order valence-electron chi connectivity index (χ0n) is 13.7. The predicted octanol–water partition coefficient (Wildman–Crippen LogP) is 2.16. The fourth-order valence-electron chi connectivity index (χ4n) is 3.96. The zero-order valence-corrected chi connectivity index (χ0v) is 14.5. The minimum absolute atomic E-state index is 0.209. The van der Waals surface area contributed by atoms with Crippen molar-refractivity contribution in [3.63, 3.8) is 0 Å². The second-order valence-electron chi connectivity index (χ2n) is 7.01. The van der Waals surface area contributed by atoms with Gasteiger partial charge in [-0.3, -0.25) is 4.79 Å². The highest BCUT2D eigenvalue weighted by Gasteiger charge is 2.57. The third-order valence-electron chi connectivity index (χ3n) is 5.48. The highest BCUT2D eigenvalue weighted by molar-refractivity contribution is 6.32. The van der Waals surface area contributed by atoms with Gasteiger partial charge in [-0.2, -0.15) is 0 Å². The molecule has 3 aliphatic rings. The molecule has 2 N–H and O–H groups in total. The molecule has 1 saturated heterocycles. The Kier molecular flexibility index (Phi) is 4.31. The molecule has 1 spiro atoms. The highest BCUT2D eigenvalue weighted by atomic mass is 35.5. The summed E-state index contributed by atoms with van der Waals surface area (Å²) in [4.78, 5) is 12.4. The standard InChI is InChI=1S/C18H23ClN2O3/c19-14-9-12(10-15-16(14)24-8-7-23-15)1-4-21-17(22)13-11-18(13)2-5-20-6-3-18/h9-10,13,20H,1-8,11H2,(H,21,22). The fraction of sp³-hybridized carbons (Fsp3) is 0.611. The van der Waals surface area contributed by atoms with Crippen LogP contribution in [0.3, 0.4) is 0 Å². The minimum Gasteiger partial charge on any atom is -0.486 e. The number of rotatable bonds is 4. The lowest BCUT2D eigenvalue weighted by molar-refractivity contribution is -0.123. The van der Waals surface area contributed by atoms with Crippen LogP contribution in [-0.4, -0.2) is 38.8 Å². The molecule has 5 nitrogen and oxygen atoms in total. The van der Waals surface area contributed by atoms with Gasteiger partial charge in [-0.15, -0.1) is 0 Å². The summed E-state index contributed by atoms with van der Waals surface area (Å²) in [5.41, 5.74) is 1.34. The fourth-order valence-corrected chi connectivity index (χ4v) is 4.25. The molecule has 0 aromatic heterocycles. The Morgan fingerprint density at radius 3 is 2.92 bits per heavy atom. The van der Waals surface area contributed by atoms with Crippen molar-refractivity contribution in [2.45, 2.75) is 25.7 Å². The number of hydrogen-bond donors (Lipinski definition) is 2. The largest absolute Gasteiger partial charge is 0.486 e. The molecule has 0 radical (unpaired) electrons. The monoisotopic (exact) mass is 350 g/mol. The summed E-state index contributed by atoms with van der Waals surface area (Å²) in [6, 6.07) is 3.85. The molecule has 6 heteroatoms. The summed E-state index contributed by atoms with van der Waals surface area (Å²) in [5, 5.41) is 7.03. The average molecular weight is 351 g/mol. The number of carbonyl (C=O) groups is 1. The quantitative estimate of drug-likeness (QED) is 0.873. The predicted molar refractivity (Wildman–Crippen MR) is 91.8 cm³/mol. The van der Waals surface area contributed by atoms with Crippen molar-refractivity contribution in [1.82, 2.24) is 10.6 Å². The van der Waals surface area contributed by atoms with Gasteiger partial charge in [0.15, 0.2) is 11.5 Å². The van der Waals surface area contributed by atoms with Crippen molar-refractivity contribution in [3.05, 3.63) is 22.7 Å². The van der Waals surface area contributed by atoms with Crippen LogP contribution < -0.4 is 20.1 Å². The minimum atomic E-state index is 0.209. The molecule has 4 rings (SSSR count). The van der Waals surface area contributed by atoms with Gasteiger partial charge in [-0.05, 0) is 61.9 Å². The van der Waals surface area contributed by atoms with Gasteiger partial charge in [0.25, 0.3) is 0 Å². The van der Waals surface area contributed by atoms with Gasteiger partial charge in [0.05, 0.1) is 5.02 Å². The Balaban J connectivity index is 1.30. The summed E-state index contributed by atoms with van der Waals surface area (Å²) in [6.45, 7) is 3.78. The lowest BCUT2D eigenvalue weighted by Gasteiger charge is -2.23. The van der Waals surface area contributed by atoms with E-state index in [9.17, 15) is 4.79 Å². The van der Waals surface area contributed by atoms with Crippen LogP contribution in [0.1, 0.15) is 24.8 Å². The number of ether oxygens (including phenoxy) is 2. The molecular weight excluding hydrogens is 328 g/mol. The van der Waals surface area contributed by atoms with E-state index in [1.54, 1.807) is 0 Å². The summed E-state index contributed by atoms with van der Waals surface area (Å²) >= 11 is 6.25. The van der Waals surface area contributed by atoms with Gasteiger partial charge in [0.2, 0.25) is 5.91 Å². The summed E-state index contributed by atoms with van der Waals surface area (Å²) in [7, 11) is 0. The molecule has 1 amide bonds. The Bertz CT molecular complexity index is 643. The summed E-state index contributed by atoms with van der Waals surface area (Å²) in [6.07, 6.45) is 4.05. The maximum absolute atomic E-state index is 12.4. The Hall–Kier alpha value is -1.46. The molecular formula is C18H23ClN2O3. The van der Waals surface area contributed by atoms with Crippen molar-refractivity contribution in [2.24, 2.45) is 11.3 Å². The number of halogens is 1. The Labute approximate surface area is 147 Å². The first kappa shape index (κ1) is 16.0. The van der Waals surface area contributed by atoms with E-state index in [4.69, 9.17) is 21.1 Å². The molecule has 1 aromatic carbocycles. The molecule has 1 unspecified atom stereocenters. The van der Waals surface area contributed by atoms with E-state index in [0.29, 0.717) is 36.3 Å². The maximum atomic E-state index is 12.4. The van der Waals surface area contributed by atoms with E-state index in [2.05, 4.69) is 10.6 Å². The lowest BCUT2D eigenvalue weighted by atomic mass is 9.92. The SMILES string of the molecule is O=C(NCCc1cc(Cl)c2c(c1)OCCO2)C1CC12CCNCC2. The van der Waals surface area contributed by atoms with E-state index in [1.807, 2.05) is 12.1 Å². The van der Waals surface area contributed by atoms with Crippen LogP contribution in [0.15, 0.2) is 12.1 Å². The number of fused-ring (bicyclic) bond motifs is 1. The summed E-state index contributed by atoms with van der Waals surface area (Å²) in [5.74, 6) is 1.75. The Morgan fingerprint density at radius 1 is 1.29 bits per heavy atom. The van der Waals surface area contributed by atoms with E-state index in [0.717, 1.165) is 44.3 Å². The highest BCUT2D eigenvalue weighted by Crippen LogP contribution is 2.58. The lowest BCUT2D eigenvalue weighted by Crippen LogP contribution is -2.34. The van der Waals surface area contributed by atoms with Gasteiger partial charge in [0.1, 0.15) is 13.2 Å². The normalized spacial score (nSPS) is 23.8. The van der Waals surface area contributed by atoms with Crippen LogP contribution in [0.25, 0.3) is 0 Å². The van der Waals surface area contributed by atoms with E-state index >= 15 is 0 Å². The number of nitrogens with one attached hydrogen (secondary N) is 2. The first-order valence-corrected chi connectivity index (χ1v) is 9.12. The first-order valence-electron chi connectivity index (χ1n) is 8.74. The third kappa shape index (κ3) is 3.07. The number of hydrogen-bond acceptors (Lipinski definition) is 4. The van der Waals surface area contributed by atoms with Crippen molar-refractivity contribution in [1.29, 1.82) is 0 Å². The van der Waals surface area contributed by atoms with Crippen molar-refractivity contribution < 1.29 is 14.3 Å². The van der Waals surface area contributed by atoms with Crippen LogP contribution in [0.4, 0.5) is 0 Å². The average Bonchev–Trinajstić information content (AvgIpc) is 3.28. The molecule has 0 bridgehead atoms. The second-order valence-corrected chi connectivity index (χ2v) is 7.42. The smallest absolute Gasteiger partial charge is 0.223 e. The van der Waals surface area contributed by atoms with Gasteiger partial charge >= 0.3 is 0 Å². The van der Waals surface area contributed by atoms with Crippen molar-refractivity contribution in [2.75, 3.05) is 32.8 Å². The van der Waals surface area contributed by atoms with Gasteiger partial charge in [-0.25, -0.2) is 0 Å². The van der Waals surface area contributed by atoms with Gasteiger partial charge in [-0.1, -0.05) is 11.6 Å². The number of carbonyl (C=O) groups excluding carboxylic acids is 1. The molecule has 1 atom stereocenters. The van der Waals surface area contributed by atoms with Crippen molar-refractivity contribution >= 4 is 17.5 Å². The van der Waals surface area contributed by atoms with Crippen LogP contribution in [-0.2, 0) is 11.2 Å². The van der Waals surface area contributed by atoms with Gasteiger partial charge < -0.3 is 20.1 Å². The Morgan fingerprint density at radius 2 is 2.08 bits per heavy atom. The van der Waals surface area contributed by atoms with Crippen LogP contribution in [0.2, 0.25) is 5.02 Å². The number of amides is 1. The van der Waals surface area contributed by atoms with E-state index in [-0.39, 0.29) is 17.2 Å². The van der Waals surface area contributed by atoms with E-state index in [1.165, 1.54) is 0 Å². The van der Waals surface area contributed by atoms with Crippen LogP contribution >= 0.6 is 11.6 Å². The zero-order chi connectivity index (χ0) is 16.6. The second kappa shape index (κ2) is 6.45. The first-order chi connectivity index (χ1) is 11.7. The third-order valence-corrected chi connectivity index (χ3v) is 5.76. The van der Waals surface area contributed by atoms with Crippen LogP contribution in [0, 0.1) is 11.3 Å². The molecule has 2 fully saturated rings. The van der Waals surface area contributed by atoms with Crippen molar-refractivity contribution in [3.8, 4) is 11.5 Å². The number of benzene rings is 1. The molecule has 24 heavy (non-hydrogen) atoms. The maximum Gasteiger partial charge on any atom is 0.223 e. The van der Waals surface area contributed by atoms with E-state index < -0.39 is 0 Å². The molecule has 1 aromatic rings. The molecule has 1 aliphatic carbocycles. The van der Waals surface area contributed by atoms with Gasteiger partial charge in [0, 0.05) is 12.5 Å². The topological polar surface area (TPSA) is 59.6 Å². The molecule has 1 saturated carbocycles.